The minimum absolute atomic E-state index is 0.553. The summed E-state index contributed by atoms with van der Waals surface area (Å²) in [5, 5.41) is 4.43. The van der Waals surface area contributed by atoms with Gasteiger partial charge in [-0.25, -0.2) is 9.97 Å². The number of nitrogens with zero attached hydrogens (tertiary/aromatic N) is 3. The second kappa shape index (κ2) is 6.29. The monoisotopic (exact) mass is 270 g/mol. The Morgan fingerprint density at radius 3 is 3.10 bits per heavy atom. The van der Waals surface area contributed by atoms with Crippen LogP contribution in [0.3, 0.4) is 0 Å². The fourth-order valence-corrected chi connectivity index (χ4v) is 3.09. The van der Waals surface area contributed by atoms with Crippen LogP contribution in [0.15, 0.2) is 30.6 Å². The lowest BCUT2D eigenvalue weighted by molar-refractivity contribution is 0.328. The lowest BCUT2D eigenvalue weighted by Gasteiger charge is -2.16. The van der Waals surface area contributed by atoms with Crippen LogP contribution in [-0.4, -0.2) is 48.1 Å². The van der Waals surface area contributed by atoms with Gasteiger partial charge in [-0.1, -0.05) is 18.2 Å². The van der Waals surface area contributed by atoms with Crippen LogP contribution in [0.4, 0.5) is 0 Å². The molecule has 1 aliphatic heterocycles. The average Bonchev–Trinajstić information content (AvgIpc) is 2.96. The summed E-state index contributed by atoms with van der Waals surface area (Å²) >= 11 is 0. The Kier molecular flexibility index (Phi) is 4.23. The molecule has 2 heterocycles. The molecular weight excluding hydrogens is 248 g/mol. The third-order valence-electron chi connectivity index (χ3n) is 4.13. The van der Waals surface area contributed by atoms with Crippen molar-refractivity contribution < 1.29 is 0 Å². The number of hydrogen-bond donors (Lipinski definition) is 1. The Morgan fingerprint density at radius 2 is 2.20 bits per heavy atom. The highest BCUT2D eigenvalue weighted by molar-refractivity contribution is 5.81. The molecule has 0 bridgehead atoms. The highest BCUT2D eigenvalue weighted by atomic mass is 15.1. The summed E-state index contributed by atoms with van der Waals surface area (Å²) in [6.07, 6.45) is 4.13. The first-order chi connectivity index (χ1) is 9.88. The Bertz CT molecular complexity index is 564. The molecule has 0 aliphatic carbocycles. The van der Waals surface area contributed by atoms with E-state index in [-0.39, 0.29) is 0 Å². The predicted octanol–water partition coefficient (Wildman–Crippen LogP) is 2.03. The van der Waals surface area contributed by atoms with Gasteiger partial charge in [-0.2, -0.15) is 0 Å². The first-order valence-electron chi connectivity index (χ1n) is 7.45. The zero-order chi connectivity index (χ0) is 13.8. The molecule has 1 unspecified atom stereocenters. The van der Waals surface area contributed by atoms with Crippen LogP contribution in [0.25, 0.3) is 10.9 Å². The molecular formula is C16H22N4. The molecule has 20 heavy (non-hydrogen) atoms. The maximum Gasteiger partial charge on any atom is 0.116 e. The van der Waals surface area contributed by atoms with Crippen LogP contribution in [-0.2, 0) is 0 Å². The van der Waals surface area contributed by atoms with Crippen LogP contribution >= 0.6 is 0 Å². The van der Waals surface area contributed by atoms with Crippen molar-refractivity contribution in [3.63, 3.8) is 0 Å². The van der Waals surface area contributed by atoms with Crippen LogP contribution in [0.1, 0.15) is 24.5 Å². The predicted molar refractivity (Wildman–Crippen MR) is 81.9 cm³/mol. The van der Waals surface area contributed by atoms with E-state index in [1.165, 1.54) is 37.0 Å². The number of hydrogen-bond acceptors (Lipinski definition) is 4. The van der Waals surface area contributed by atoms with Crippen molar-refractivity contribution in [2.45, 2.75) is 18.8 Å². The standard InChI is InChI=1S/C16H22N4/c1-17-8-4-9-20-10-7-13(11-20)16-14-5-2-3-6-15(14)18-12-19-16/h2-3,5-6,12-13,17H,4,7-11H2,1H3. The Morgan fingerprint density at radius 1 is 1.30 bits per heavy atom. The number of rotatable bonds is 5. The molecule has 106 valence electrons. The molecule has 1 N–H and O–H groups in total. The molecule has 4 nitrogen and oxygen atoms in total. The smallest absolute Gasteiger partial charge is 0.116 e. The van der Waals surface area contributed by atoms with Crippen molar-refractivity contribution in [1.82, 2.24) is 20.2 Å². The van der Waals surface area contributed by atoms with Gasteiger partial charge < -0.3 is 10.2 Å². The van der Waals surface area contributed by atoms with Crippen molar-refractivity contribution >= 4 is 10.9 Å². The topological polar surface area (TPSA) is 41.0 Å². The van der Waals surface area contributed by atoms with Gasteiger partial charge in [-0.3, -0.25) is 0 Å². The van der Waals surface area contributed by atoms with E-state index in [4.69, 9.17) is 0 Å². The zero-order valence-electron chi connectivity index (χ0n) is 12.0. The average molecular weight is 270 g/mol. The van der Waals surface area contributed by atoms with Gasteiger partial charge in [-0.15, -0.1) is 0 Å². The Labute approximate surface area is 120 Å². The maximum absolute atomic E-state index is 4.57. The zero-order valence-corrected chi connectivity index (χ0v) is 12.0. The summed E-state index contributed by atoms with van der Waals surface area (Å²) in [5.41, 5.74) is 2.29. The second-order valence-electron chi connectivity index (χ2n) is 5.52. The summed E-state index contributed by atoms with van der Waals surface area (Å²) in [6.45, 7) is 4.59. The third kappa shape index (κ3) is 2.81. The fourth-order valence-electron chi connectivity index (χ4n) is 3.09. The minimum Gasteiger partial charge on any atom is -0.320 e. The summed E-state index contributed by atoms with van der Waals surface area (Å²) < 4.78 is 0. The first-order valence-corrected chi connectivity index (χ1v) is 7.45. The lowest BCUT2D eigenvalue weighted by Crippen LogP contribution is -2.24. The Balaban J connectivity index is 1.73. The van der Waals surface area contributed by atoms with E-state index in [9.17, 15) is 0 Å². The molecule has 0 spiro atoms. The molecule has 0 amide bonds. The number of para-hydroxylation sites is 1. The van der Waals surface area contributed by atoms with Gasteiger partial charge in [0.1, 0.15) is 6.33 Å². The molecule has 1 atom stereocenters. The van der Waals surface area contributed by atoms with Crippen molar-refractivity contribution in [2.75, 3.05) is 33.2 Å². The van der Waals surface area contributed by atoms with E-state index in [0.717, 1.165) is 18.6 Å². The van der Waals surface area contributed by atoms with E-state index in [1.54, 1.807) is 6.33 Å². The molecule has 1 saturated heterocycles. The fraction of sp³-hybridized carbons (Fsp3) is 0.500. The summed E-state index contributed by atoms with van der Waals surface area (Å²) in [5.74, 6) is 0.553. The van der Waals surface area contributed by atoms with Crippen molar-refractivity contribution in [3.8, 4) is 0 Å². The van der Waals surface area contributed by atoms with Crippen molar-refractivity contribution in [3.05, 3.63) is 36.3 Å². The van der Waals surface area contributed by atoms with E-state index < -0.39 is 0 Å². The van der Waals surface area contributed by atoms with Gasteiger partial charge in [-0.05, 0) is 45.6 Å². The molecule has 0 radical (unpaired) electrons. The molecule has 1 aromatic carbocycles. The molecule has 1 aliphatic rings. The maximum atomic E-state index is 4.57. The molecule has 1 fully saturated rings. The summed E-state index contributed by atoms with van der Waals surface area (Å²) in [7, 11) is 2.01. The van der Waals surface area contributed by atoms with E-state index >= 15 is 0 Å². The van der Waals surface area contributed by atoms with Gasteiger partial charge in [0.05, 0.1) is 11.2 Å². The van der Waals surface area contributed by atoms with E-state index in [0.29, 0.717) is 5.92 Å². The van der Waals surface area contributed by atoms with Gasteiger partial charge >= 0.3 is 0 Å². The highest BCUT2D eigenvalue weighted by Gasteiger charge is 2.25. The SMILES string of the molecule is CNCCCN1CCC(c2ncnc3ccccc23)C1. The van der Waals surface area contributed by atoms with Gasteiger partial charge in [0.25, 0.3) is 0 Å². The van der Waals surface area contributed by atoms with Gasteiger partial charge in [0.15, 0.2) is 0 Å². The van der Waals surface area contributed by atoms with Crippen molar-refractivity contribution in [2.24, 2.45) is 0 Å². The number of benzene rings is 1. The quantitative estimate of drug-likeness (QED) is 0.844. The molecule has 4 heteroatoms. The molecule has 1 aromatic heterocycles. The highest BCUT2D eigenvalue weighted by Crippen LogP contribution is 2.29. The van der Waals surface area contributed by atoms with Crippen molar-refractivity contribution in [1.29, 1.82) is 0 Å². The number of likely N-dealkylation sites (tertiary alicyclic amines) is 1. The number of fused-ring (bicyclic) bond motifs is 1. The first kappa shape index (κ1) is 13.5. The number of aromatic nitrogens is 2. The van der Waals surface area contributed by atoms with Crippen LogP contribution in [0.5, 0.6) is 0 Å². The number of nitrogens with one attached hydrogen (secondary N) is 1. The normalized spacial score (nSPS) is 19.8. The summed E-state index contributed by atoms with van der Waals surface area (Å²) in [4.78, 5) is 11.5. The third-order valence-corrected chi connectivity index (χ3v) is 4.13. The summed E-state index contributed by atoms with van der Waals surface area (Å²) in [6, 6.07) is 8.33. The lowest BCUT2D eigenvalue weighted by atomic mass is 10.0. The van der Waals surface area contributed by atoms with Crippen LogP contribution in [0.2, 0.25) is 0 Å². The van der Waals surface area contributed by atoms with Crippen LogP contribution < -0.4 is 5.32 Å². The largest absolute Gasteiger partial charge is 0.320 e. The Hall–Kier alpha value is -1.52. The minimum atomic E-state index is 0.553. The van der Waals surface area contributed by atoms with Gasteiger partial charge in [0.2, 0.25) is 0 Å². The molecule has 3 rings (SSSR count). The second-order valence-corrected chi connectivity index (χ2v) is 5.52. The molecule has 2 aromatic rings. The van der Waals surface area contributed by atoms with E-state index in [2.05, 4.69) is 38.4 Å². The van der Waals surface area contributed by atoms with E-state index in [1.807, 2.05) is 13.1 Å². The molecule has 0 saturated carbocycles. The van der Waals surface area contributed by atoms with Gasteiger partial charge in [0, 0.05) is 17.8 Å². The van der Waals surface area contributed by atoms with Crippen LogP contribution in [0, 0.1) is 0 Å².